The van der Waals surface area contributed by atoms with E-state index >= 15 is 0 Å². The maximum atomic E-state index is 12.9. The van der Waals surface area contributed by atoms with Crippen molar-refractivity contribution in [3.63, 3.8) is 0 Å². The van der Waals surface area contributed by atoms with Crippen molar-refractivity contribution in [2.75, 3.05) is 6.61 Å². The lowest BCUT2D eigenvalue weighted by Crippen LogP contribution is -2.36. The van der Waals surface area contributed by atoms with Crippen molar-refractivity contribution in [3.8, 4) is 0 Å². The van der Waals surface area contributed by atoms with Gasteiger partial charge in [0.2, 0.25) is 0 Å². The molecule has 0 unspecified atom stereocenters. The lowest BCUT2D eigenvalue weighted by atomic mass is 10.1. The molecule has 0 bridgehead atoms. The molecule has 0 saturated heterocycles. The van der Waals surface area contributed by atoms with Crippen LogP contribution in [-0.4, -0.2) is 24.2 Å². The minimum absolute atomic E-state index is 0.150. The first-order valence-corrected chi connectivity index (χ1v) is 7.80. The van der Waals surface area contributed by atoms with Crippen LogP contribution in [0.3, 0.4) is 0 Å². The summed E-state index contributed by atoms with van der Waals surface area (Å²) in [4.78, 5) is 24.8. The van der Waals surface area contributed by atoms with Crippen molar-refractivity contribution in [2.45, 2.75) is 13.8 Å². The molecule has 5 heteroatoms. The van der Waals surface area contributed by atoms with Crippen LogP contribution in [0.4, 0.5) is 0 Å². The Balaban J connectivity index is 2.54. The zero-order valence-electron chi connectivity index (χ0n) is 14.1. The Labute approximate surface area is 146 Å². The van der Waals surface area contributed by atoms with Crippen LogP contribution in [0.2, 0.25) is 0 Å². The van der Waals surface area contributed by atoms with E-state index in [-0.39, 0.29) is 23.7 Å². The maximum absolute atomic E-state index is 12.9. The number of ether oxygens (including phenoxy) is 1. The minimum Gasteiger partial charge on any atom is -0.763 e. The van der Waals surface area contributed by atoms with Gasteiger partial charge in [0.25, 0.3) is 11.5 Å². The third-order valence-corrected chi connectivity index (χ3v) is 3.44. The van der Waals surface area contributed by atoms with Gasteiger partial charge in [0, 0.05) is 23.8 Å². The predicted octanol–water partition coefficient (Wildman–Crippen LogP) is 2.73. The predicted molar refractivity (Wildman–Crippen MR) is 94.9 cm³/mol. The number of carbonyl (C=O) groups is 2. The molecule has 0 atom stereocenters. The minimum atomic E-state index is -0.754. The van der Waals surface area contributed by atoms with E-state index < -0.39 is 5.97 Å². The Morgan fingerprint density at radius 3 is 2.36 bits per heavy atom. The van der Waals surface area contributed by atoms with Crippen LogP contribution in [0.25, 0.3) is 11.1 Å². The first-order chi connectivity index (χ1) is 12.1. The van der Waals surface area contributed by atoms with Gasteiger partial charge in [-0.05, 0) is 19.4 Å². The molecule has 1 aromatic carbocycles. The summed E-state index contributed by atoms with van der Waals surface area (Å²) in [6.45, 7) is 3.73. The van der Waals surface area contributed by atoms with Gasteiger partial charge in [0.15, 0.2) is 12.4 Å². The molecule has 0 saturated carbocycles. The fraction of sp³-hybridized carbons (Fsp3) is 0.150. The average Bonchev–Trinajstić information content (AvgIpc) is 2.64. The van der Waals surface area contributed by atoms with Crippen molar-refractivity contribution in [1.82, 2.24) is 0 Å². The van der Waals surface area contributed by atoms with E-state index in [4.69, 9.17) is 4.74 Å². The van der Waals surface area contributed by atoms with Crippen LogP contribution in [-0.2, 0) is 9.53 Å². The quantitative estimate of drug-likeness (QED) is 0.204. The summed E-state index contributed by atoms with van der Waals surface area (Å²) < 4.78 is 6.45. The summed E-state index contributed by atoms with van der Waals surface area (Å²) in [5, 5.41) is 9.26. The second kappa shape index (κ2) is 8.52. The Hall–Kier alpha value is -3.30. The van der Waals surface area contributed by atoms with E-state index in [2.05, 4.69) is 0 Å². The summed E-state index contributed by atoms with van der Waals surface area (Å²) >= 11 is 0. The van der Waals surface area contributed by atoms with Crippen molar-refractivity contribution in [2.24, 2.45) is 0 Å². The molecule has 0 amide bonds. The number of allylic oxidation sites excluding steroid dienone is 1. The van der Waals surface area contributed by atoms with Crippen LogP contribution in [0.15, 0.2) is 66.5 Å². The molecule has 2 rings (SSSR count). The Morgan fingerprint density at radius 2 is 1.80 bits per heavy atom. The highest BCUT2D eigenvalue weighted by Gasteiger charge is 2.23. The molecule has 0 spiro atoms. The average molecular weight is 334 g/mol. The van der Waals surface area contributed by atoms with Crippen molar-refractivity contribution in [3.05, 3.63) is 83.0 Å². The van der Waals surface area contributed by atoms with Crippen LogP contribution in [0.5, 0.6) is 0 Å². The number of rotatable bonds is 6. The summed E-state index contributed by atoms with van der Waals surface area (Å²) in [5.41, 5.74) is 1.45. The molecular weight excluding hydrogens is 316 g/mol. The highest BCUT2D eigenvalue weighted by Crippen LogP contribution is 2.11. The van der Waals surface area contributed by atoms with Crippen molar-refractivity contribution in [1.29, 1.82) is 0 Å². The Bertz CT molecular complexity index is 846. The highest BCUT2D eigenvalue weighted by molar-refractivity contribution is 6.23. The Kier molecular flexibility index (Phi) is 6.15. The van der Waals surface area contributed by atoms with Gasteiger partial charge in [-0.1, -0.05) is 30.3 Å². The number of esters is 1. The van der Waals surface area contributed by atoms with Crippen molar-refractivity contribution < 1.29 is 18.9 Å². The smallest absolute Gasteiger partial charge is 0.344 e. The molecule has 5 nitrogen and oxygen atoms in total. The van der Waals surface area contributed by atoms with Gasteiger partial charge in [-0.15, -0.1) is 0 Å². The van der Waals surface area contributed by atoms with Gasteiger partial charge >= 0.3 is 5.97 Å². The molecule has 1 heterocycles. The van der Waals surface area contributed by atoms with Crippen LogP contribution >= 0.6 is 0 Å². The molecule has 2 aromatic rings. The molecule has 0 aliphatic heterocycles. The van der Waals surface area contributed by atoms with Crippen LogP contribution in [0, 0.1) is 6.92 Å². The third-order valence-electron chi connectivity index (χ3n) is 3.44. The largest absolute Gasteiger partial charge is 0.763 e. The number of hydrogen-bond acceptors (Lipinski definition) is 3. The van der Waals surface area contributed by atoms with Gasteiger partial charge in [-0.3, -0.25) is 10.7 Å². The van der Waals surface area contributed by atoms with E-state index in [1.165, 1.54) is 6.08 Å². The van der Waals surface area contributed by atoms with E-state index in [1.54, 1.807) is 54.0 Å². The maximum Gasteiger partial charge on any atom is 0.344 e. The Morgan fingerprint density at radius 1 is 1.16 bits per heavy atom. The standard InChI is InChI=1S/C20H18N2O3/c1-3-25-20(24)17(14-21)13-18(22-11-9-15(2)10-12-22)19(23)16-7-5-4-6-8-16/h4-13H,3H2,1-2H3/b18-13-. The number of aryl methyl sites for hydroxylation is 1. The van der Waals surface area contributed by atoms with E-state index in [0.717, 1.165) is 5.56 Å². The van der Waals surface area contributed by atoms with Crippen LogP contribution in [0.1, 0.15) is 22.8 Å². The molecule has 1 aromatic heterocycles. The molecule has 0 aliphatic carbocycles. The topological polar surface area (TPSA) is 69.5 Å². The first-order valence-electron chi connectivity index (χ1n) is 7.80. The molecule has 0 aliphatic rings. The second-order valence-corrected chi connectivity index (χ2v) is 5.25. The van der Waals surface area contributed by atoms with E-state index in [9.17, 15) is 15.0 Å². The lowest BCUT2D eigenvalue weighted by Gasteiger charge is -2.05. The summed E-state index contributed by atoms with van der Waals surface area (Å²) in [7, 11) is 0. The monoisotopic (exact) mass is 334 g/mol. The third kappa shape index (κ3) is 4.59. The van der Waals surface area contributed by atoms with Gasteiger partial charge in [-0.2, -0.15) is 4.57 Å². The SMILES string of the molecule is CCOC(=O)C(=C=[N-])/C=C(/C(=O)c1ccccc1)[n+]1ccc(C)cc1. The lowest BCUT2D eigenvalue weighted by molar-refractivity contribution is -0.576. The number of hydrogen-bond donors (Lipinski definition) is 0. The summed E-state index contributed by atoms with van der Waals surface area (Å²) in [6.07, 6.45) is 4.69. The number of nitrogens with zero attached hydrogens (tertiary/aromatic N) is 2. The normalized spacial score (nSPS) is 10.7. The van der Waals surface area contributed by atoms with E-state index in [1.807, 2.05) is 25.1 Å². The first kappa shape index (κ1) is 18.0. The van der Waals surface area contributed by atoms with Gasteiger partial charge < -0.3 is 10.1 Å². The summed E-state index contributed by atoms with van der Waals surface area (Å²) in [5.74, 6) is 0.752. The number of ketones is 1. The highest BCUT2D eigenvalue weighted by atomic mass is 16.5. The van der Waals surface area contributed by atoms with Crippen LogP contribution < -0.4 is 4.57 Å². The molecule has 0 N–H and O–H groups in total. The number of pyridine rings is 1. The fourth-order valence-corrected chi connectivity index (χ4v) is 2.14. The number of aromatic nitrogens is 1. The summed E-state index contributed by atoms with van der Waals surface area (Å²) in [6, 6.07) is 12.4. The molecule has 25 heavy (non-hydrogen) atoms. The zero-order chi connectivity index (χ0) is 18.2. The number of carbonyl (C=O) groups excluding carboxylic acids is 2. The van der Waals surface area contributed by atoms with Gasteiger partial charge in [0.1, 0.15) is 0 Å². The molecular formula is C20H18N2O3. The molecule has 0 radical (unpaired) electrons. The van der Waals surface area contributed by atoms with E-state index in [0.29, 0.717) is 5.56 Å². The molecule has 126 valence electrons. The van der Waals surface area contributed by atoms with Crippen molar-refractivity contribution >= 4 is 23.3 Å². The van der Waals surface area contributed by atoms with Gasteiger partial charge in [0.05, 0.1) is 12.2 Å². The second-order valence-electron chi connectivity index (χ2n) is 5.25. The zero-order valence-corrected chi connectivity index (χ0v) is 14.1. The number of benzene rings is 1. The number of Topliss-reactive ketones (excluding diaryl/α,β-unsaturated/α-hetero) is 1. The fourth-order valence-electron chi connectivity index (χ4n) is 2.14. The van der Waals surface area contributed by atoms with Gasteiger partial charge in [-0.25, -0.2) is 4.79 Å². The molecule has 0 fully saturated rings.